The highest BCUT2D eigenvalue weighted by molar-refractivity contribution is 5.94. The van der Waals surface area contributed by atoms with Crippen molar-refractivity contribution in [1.29, 1.82) is 0 Å². The van der Waals surface area contributed by atoms with Crippen molar-refractivity contribution < 1.29 is 9.53 Å². The van der Waals surface area contributed by atoms with Gasteiger partial charge in [-0.1, -0.05) is 24.3 Å². The van der Waals surface area contributed by atoms with E-state index in [-0.39, 0.29) is 5.91 Å². The molecule has 4 aromatic rings. The van der Waals surface area contributed by atoms with Gasteiger partial charge in [-0.3, -0.25) is 14.8 Å². The molecule has 0 unspecified atom stereocenters. The minimum absolute atomic E-state index is 0.152. The quantitative estimate of drug-likeness (QED) is 0.518. The van der Waals surface area contributed by atoms with Gasteiger partial charge in [0.2, 0.25) is 0 Å². The maximum Gasteiger partial charge on any atom is 0.251 e. The summed E-state index contributed by atoms with van der Waals surface area (Å²) in [5.74, 6) is 1.28. The van der Waals surface area contributed by atoms with Crippen molar-refractivity contribution in [3.05, 3.63) is 109 Å². The number of hydrogen-bond acceptors (Lipinski definition) is 4. The Labute approximate surface area is 169 Å². The zero-order valence-electron chi connectivity index (χ0n) is 15.7. The first-order valence-corrected chi connectivity index (χ1v) is 9.25. The minimum Gasteiger partial charge on any atom is -0.457 e. The summed E-state index contributed by atoms with van der Waals surface area (Å²) >= 11 is 0. The molecule has 0 atom stereocenters. The molecule has 5 nitrogen and oxygen atoms in total. The molecule has 0 radical (unpaired) electrons. The van der Waals surface area contributed by atoms with Gasteiger partial charge in [-0.15, -0.1) is 0 Å². The minimum atomic E-state index is -0.152. The van der Waals surface area contributed by atoms with Gasteiger partial charge in [-0.2, -0.15) is 0 Å². The van der Waals surface area contributed by atoms with Gasteiger partial charge in [0.1, 0.15) is 11.5 Å². The molecule has 29 heavy (non-hydrogen) atoms. The summed E-state index contributed by atoms with van der Waals surface area (Å²) in [6.07, 6.45) is 5.20. The van der Waals surface area contributed by atoms with E-state index >= 15 is 0 Å². The van der Waals surface area contributed by atoms with E-state index in [2.05, 4.69) is 15.3 Å². The molecule has 5 heteroatoms. The van der Waals surface area contributed by atoms with Gasteiger partial charge < -0.3 is 10.1 Å². The third kappa shape index (κ3) is 4.65. The van der Waals surface area contributed by atoms with Crippen molar-refractivity contribution in [3.8, 4) is 22.8 Å². The first-order valence-electron chi connectivity index (χ1n) is 9.25. The molecule has 0 spiro atoms. The second-order valence-electron chi connectivity index (χ2n) is 6.37. The van der Waals surface area contributed by atoms with Gasteiger partial charge in [0, 0.05) is 36.3 Å². The topological polar surface area (TPSA) is 64.1 Å². The normalized spacial score (nSPS) is 10.3. The average molecular weight is 381 g/mol. The molecule has 2 aromatic carbocycles. The van der Waals surface area contributed by atoms with Gasteiger partial charge in [-0.25, -0.2) is 0 Å². The molecular weight excluding hydrogens is 362 g/mol. The number of nitrogens with zero attached hydrogens (tertiary/aromatic N) is 2. The number of para-hydroxylation sites is 1. The SMILES string of the molecule is O=C(NCc1cccnc1-c1ccncc1)c1ccc(Oc2ccccc2)cc1. The zero-order valence-corrected chi connectivity index (χ0v) is 15.7. The van der Waals surface area contributed by atoms with Crippen LogP contribution in [0.2, 0.25) is 0 Å². The summed E-state index contributed by atoms with van der Waals surface area (Å²) in [6.45, 7) is 0.382. The van der Waals surface area contributed by atoms with E-state index in [0.717, 1.165) is 22.6 Å². The molecular formula is C24H19N3O2. The molecule has 0 saturated heterocycles. The number of amides is 1. The fourth-order valence-corrected chi connectivity index (χ4v) is 2.93. The molecule has 0 aliphatic heterocycles. The van der Waals surface area contributed by atoms with Crippen LogP contribution in [0, 0.1) is 0 Å². The van der Waals surface area contributed by atoms with Gasteiger partial charge in [-0.05, 0) is 60.2 Å². The highest BCUT2D eigenvalue weighted by atomic mass is 16.5. The Morgan fingerprint density at radius 1 is 0.793 bits per heavy atom. The van der Waals surface area contributed by atoms with Crippen LogP contribution >= 0.6 is 0 Å². The smallest absolute Gasteiger partial charge is 0.251 e. The van der Waals surface area contributed by atoms with Crippen molar-refractivity contribution >= 4 is 5.91 Å². The van der Waals surface area contributed by atoms with Crippen LogP contribution in [0.4, 0.5) is 0 Å². The van der Waals surface area contributed by atoms with Gasteiger partial charge in [0.05, 0.1) is 5.69 Å². The molecule has 0 saturated carbocycles. The van der Waals surface area contributed by atoms with Crippen LogP contribution < -0.4 is 10.1 Å². The van der Waals surface area contributed by atoms with Crippen LogP contribution in [-0.2, 0) is 6.54 Å². The van der Waals surface area contributed by atoms with Crippen LogP contribution in [-0.4, -0.2) is 15.9 Å². The van der Waals surface area contributed by atoms with E-state index in [1.807, 2.05) is 54.6 Å². The van der Waals surface area contributed by atoms with Crippen molar-refractivity contribution in [2.75, 3.05) is 0 Å². The summed E-state index contributed by atoms with van der Waals surface area (Å²) in [4.78, 5) is 21.0. The molecule has 1 amide bonds. The molecule has 1 N–H and O–H groups in total. The number of carbonyl (C=O) groups excluding carboxylic acids is 1. The van der Waals surface area contributed by atoms with Crippen LogP contribution in [0.5, 0.6) is 11.5 Å². The summed E-state index contributed by atoms with van der Waals surface area (Å²) in [5, 5.41) is 2.96. The number of pyridine rings is 2. The second kappa shape index (κ2) is 8.80. The Morgan fingerprint density at radius 2 is 1.52 bits per heavy atom. The third-order valence-corrected chi connectivity index (χ3v) is 4.38. The van der Waals surface area contributed by atoms with Crippen LogP contribution in [0.15, 0.2) is 97.5 Å². The highest BCUT2D eigenvalue weighted by Gasteiger charge is 2.10. The second-order valence-corrected chi connectivity index (χ2v) is 6.37. The van der Waals surface area contributed by atoms with E-state index in [1.54, 1.807) is 42.9 Å². The van der Waals surface area contributed by atoms with Crippen molar-refractivity contribution in [2.45, 2.75) is 6.54 Å². The van der Waals surface area contributed by atoms with E-state index in [1.165, 1.54) is 0 Å². The summed E-state index contributed by atoms with van der Waals surface area (Å²) in [6, 6.07) is 24.2. The average Bonchev–Trinajstić information content (AvgIpc) is 2.79. The fourth-order valence-electron chi connectivity index (χ4n) is 2.93. The Morgan fingerprint density at radius 3 is 2.28 bits per heavy atom. The Hall–Kier alpha value is -3.99. The summed E-state index contributed by atoms with van der Waals surface area (Å²) in [7, 11) is 0. The van der Waals surface area contributed by atoms with Gasteiger partial charge >= 0.3 is 0 Å². The number of benzene rings is 2. The molecule has 0 aliphatic carbocycles. The Kier molecular flexibility index (Phi) is 5.58. The van der Waals surface area contributed by atoms with E-state index < -0.39 is 0 Å². The molecule has 0 bridgehead atoms. The molecule has 142 valence electrons. The van der Waals surface area contributed by atoms with Crippen LogP contribution in [0.3, 0.4) is 0 Å². The third-order valence-electron chi connectivity index (χ3n) is 4.38. The van der Waals surface area contributed by atoms with E-state index in [9.17, 15) is 4.79 Å². The molecule has 0 aliphatic rings. The molecule has 2 heterocycles. The van der Waals surface area contributed by atoms with Crippen molar-refractivity contribution in [1.82, 2.24) is 15.3 Å². The van der Waals surface area contributed by atoms with Crippen LogP contribution in [0.1, 0.15) is 15.9 Å². The molecule has 4 rings (SSSR count). The number of aromatic nitrogens is 2. The largest absolute Gasteiger partial charge is 0.457 e. The lowest BCUT2D eigenvalue weighted by molar-refractivity contribution is 0.0951. The summed E-state index contributed by atoms with van der Waals surface area (Å²) in [5.41, 5.74) is 3.31. The lowest BCUT2D eigenvalue weighted by Gasteiger charge is -2.10. The fraction of sp³-hybridized carbons (Fsp3) is 0.0417. The van der Waals surface area contributed by atoms with Crippen molar-refractivity contribution in [3.63, 3.8) is 0 Å². The van der Waals surface area contributed by atoms with Gasteiger partial charge in [0.15, 0.2) is 0 Å². The lowest BCUT2D eigenvalue weighted by atomic mass is 10.1. The molecule has 0 fully saturated rings. The zero-order chi connectivity index (χ0) is 19.9. The lowest BCUT2D eigenvalue weighted by Crippen LogP contribution is -2.23. The number of rotatable bonds is 6. The Bertz CT molecular complexity index is 1080. The molecule has 2 aromatic heterocycles. The van der Waals surface area contributed by atoms with E-state index in [0.29, 0.717) is 17.9 Å². The maximum absolute atomic E-state index is 12.6. The van der Waals surface area contributed by atoms with Crippen LogP contribution in [0.25, 0.3) is 11.3 Å². The standard InChI is InChI=1S/C24H19N3O2/c28-24(19-8-10-22(11-9-19)29-21-6-2-1-3-7-21)27-17-20-5-4-14-26-23(20)18-12-15-25-16-13-18/h1-16H,17H2,(H,27,28). The summed E-state index contributed by atoms with van der Waals surface area (Å²) < 4.78 is 5.76. The monoisotopic (exact) mass is 381 g/mol. The van der Waals surface area contributed by atoms with Gasteiger partial charge in [0.25, 0.3) is 5.91 Å². The van der Waals surface area contributed by atoms with Crippen molar-refractivity contribution in [2.24, 2.45) is 0 Å². The number of nitrogens with one attached hydrogen (secondary N) is 1. The first-order chi connectivity index (χ1) is 14.3. The predicted octanol–water partition coefficient (Wildman–Crippen LogP) is 4.87. The first kappa shape index (κ1) is 18.4. The number of hydrogen-bond donors (Lipinski definition) is 1. The number of ether oxygens (including phenoxy) is 1. The maximum atomic E-state index is 12.6. The van der Waals surface area contributed by atoms with E-state index in [4.69, 9.17) is 4.74 Å². The predicted molar refractivity (Wildman–Crippen MR) is 112 cm³/mol. The highest BCUT2D eigenvalue weighted by Crippen LogP contribution is 2.22. The Balaban J connectivity index is 1.42. The number of carbonyl (C=O) groups is 1.